The monoisotopic (exact) mass is 285 g/mol. The third kappa shape index (κ3) is 11.5. The molecule has 0 aromatic carbocycles. The molecule has 1 aliphatic rings. The van der Waals surface area contributed by atoms with Crippen molar-refractivity contribution in [3.8, 4) is 12.3 Å². The minimum Gasteiger partial charge on any atom is -0.352 e. The van der Waals surface area contributed by atoms with Crippen molar-refractivity contribution in [3.05, 3.63) is 0 Å². The second-order valence-electron chi connectivity index (χ2n) is 4.15. The summed E-state index contributed by atoms with van der Waals surface area (Å²) in [5, 5.41) is 5.25. The lowest BCUT2D eigenvalue weighted by Crippen LogP contribution is -2.38. The number of rotatable bonds is 5. The molecule has 4 N–H and O–H groups in total. The first-order chi connectivity index (χ1) is 9.10. The van der Waals surface area contributed by atoms with E-state index >= 15 is 0 Å². The van der Waals surface area contributed by atoms with Crippen molar-refractivity contribution in [1.82, 2.24) is 10.6 Å². The first kappa shape index (κ1) is 17.6. The zero-order chi connectivity index (χ0) is 14.5. The Morgan fingerprint density at radius 2 is 2.26 bits per heavy atom. The van der Waals surface area contributed by atoms with Crippen molar-refractivity contribution in [3.63, 3.8) is 0 Å². The third-order valence-corrected chi connectivity index (χ3v) is 3.58. The maximum atomic E-state index is 10.8. The Morgan fingerprint density at radius 1 is 1.53 bits per heavy atom. The summed E-state index contributed by atoms with van der Waals surface area (Å²) in [5.74, 6) is 4.56. The Labute approximate surface area is 119 Å². The summed E-state index contributed by atoms with van der Waals surface area (Å²) in [4.78, 5) is 21.0. The lowest BCUT2D eigenvalue weighted by molar-refractivity contribution is -0.120. The van der Waals surface area contributed by atoms with Crippen LogP contribution in [0.15, 0.2) is 0 Å². The van der Waals surface area contributed by atoms with Gasteiger partial charge in [0.1, 0.15) is 0 Å². The summed E-state index contributed by atoms with van der Waals surface area (Å²) in [5.41, 5.74) is 4.91. The van der Waals surface area contributed by atoms with E-state index in [2.05, 4.69) is 23.5 Å². The third-order valence-electron chi connectivity index (χ3n) is 2.42. The zero-order valence-electron chi connectivity index (χ0n) is 11.4. The van der Waals surface area contributed by atoms with Crippen LogP contribution in [0.5, 0.6) is 0 Å². The van der Waals surface area contributed by atoms with E-state index < -0.39 is 6.03 Å². The van der Waals surface area contributed by atoms with Gasteiger partial charge in [0, 0.05) is 18.2 Å². The van der Waals surface area contributed by atoms with E-state index in [1.807, 2.05) is 11.8 Å². The van der Waals surface area contributed by atoms with Gasteiger partial charge in [-0.1, -0.05) is 19.3 Å². The van der Waals surface area contributed by atoms with E-state index in [-0.39, 0.29) is 5.91 Å². The van der Waals surface area contributed by atoms with Crippen molar-refractivity contribution in [2.45, 2.75) is 38.6 Å². The summed E-state index contributed by atoms with van der Waals surface area (Å²) < 4.78 is 0. The first-order valence-corrected chi connectivity index (χ1v) is 7.59. The predicted molar refractivity (Wildman–Crippen MR) is 79.8 cm³/mol. The van der Waals surface area contributed by atoms with E-state index in [4.69, 9.17) is 12.2 Å². The maximum Gasteiger partial charge on any atom is 0.312 e. The summed E-state index contributed by atoms with van der Waals surface area (Å²) >= 11 is 1.85. The van der Waals surface area contributed by atoms with Crippen molar-refractivity contribution in [2.75, 3.05) is 18.1 Å². The highest BCUT2D eigenvalue weighted by molar-refractivity contribution is 7.99. The normalized spacial score (nSPS) is 16.7. The van der Waals surface area contributed by atoms with Gasteiger partial charge in [0.15, 0.2) is 0 Å². The molecule has 0 spiro atoms. The van der Waals surface area contributed by atoms with Crippen LogP contribution in [0.25, 0.3) is 0 Å². The standard InChI is InChI=1S/C8H13NO.C5H10N2OS/c1-3-5-6-8(10)9-7-4-2;6-5(8)7-4-1-2-9-3-4/h2H,3,5-7H2,1H3,(H,9,10);4H,1-3H2,(H3,6,7,8). The number of urea groups is 1. The Balaban J connectivity index is 0.000000342. The van der Waals surface area contributed by atoms with Crippen molar-refractivity contribution in [1.29, 1.82) is 0 Å². The smallest absolute Gasteiger partial charge is 0.312 e. The second-order valence-corrected chi connectivity index (χ2v) is 5.30. The van der Waals surface area contributed by atoms with Gasteiger partial charge in [-0.15, -0.1) is 6.42 Å². The number of thioether (sulfide) groups is 1. The number of unbranched alkanes of at least 4 members (excludes halogenated alkanes) is 1. The number of hydrogen-bond acceptors (Lipinski definition) is 3. The fourth-order valence-corrected chi connectivity index (χ4v) is 2.58. The molecule has 0 aromatic heterocycles. The zero-order valence-corrected chi connectivity index (χ0v) is 12.2. The SMILES string of the molecule is C#CCNC(=O)CCCC.NC(=O)NC1CCSC1. The maximum absolute atomic E-state index is 10.8. The van der Waals surface area contributed by atoms with Crippen LogP contribution in [0.3, 0.4) is 0 Å². The van der Waals surface area contributed by atoms with Crippen molar-refractivity contribution in [2.24, 2.45) is 5.73 Å². The summed E-state index contributed by atoms with van der Waals surface area (Å²) in [6.07, 6.45) is 8.59. The molecule has 1 rings (SSSR count). The molecular formula is C13H23N3O2S. The molecule has 0 radical (unpaired) electrons. The first-order valence-electron chi connectivity index (χ1n) is 6.44. The van der Waals surface area contributed by atoms with Crippen molar-refractivity contribution < 1.29 is 9.59 Å². The summed E-state index contributed by atoms with van der Waals surface area (Å²) in [7, 11) is 0. The molecule has 3 amide bonds. The number of primary amides is 1. The van der Waals surface area contributed by atoms with Gasteiger partial charge >= 0.3 is 6.03 Å². The molecule has 1 heterocycles. The molecule has 0 bridgehead atoms. The highest BCUT2D eigenvalue weighted by Gasteiger charge is 2.15. The Kier molecular flexibility index (Phi) is 10.9. The summed E-state index contributed by atoms with van der Waals surface area (Å²) in [6.45, 7) is 2.40. The topological polar surface area (TPSA) is 84.2 Å². The minimum absolute atomic E-state index is 0.0554. The molecule has 1 saturated heterocycles. The van der Waals surface area contributed by atoms with Crippen LogP contribution in [0.4, 0.5) is 4.79 Å². The van der Waals surface area contributed by atoms with Gasteiger partial charge in [-0.3, -0.25) is 4.79 Å². The highest BCUT2D eigenvalue weighted by atomic mass is 32.2. The van der Waals surface area contributed by atoms with Crippen LogP contribution in [0.1, 0.15) is 32.6 Å². The average Bonchev–Trinajstić information content (AvgIpc) is 2.86. The molecule has 0 aromatic rings. The fourth-order valence-electron chi connectivity index (χ4n) is 1.42. The lowest BCUT2D eigenvalue weighted by atomic mass is 10.2. The molecule has 108 valence electrons. The van der Waals surface area contributed by atoms with E-state index in [1.54, 1.807) is 0 Å². The van der Waals surface area contributed by atoms with Crippen molar-refractivity contribution >= 4 is 23.7 Å². The Bertz CT molecular complexity index is 310. The Morgan fingerprint density at radius 3 is 2.74 bits per heavy atom. The molecule has 1 fully saturated rings. The number of hydrogen-bond donors (Lipinski definition) is 3. The van der Waals surface area contributed by atoms with Gasteiger partial charge < -0.3 is 16.4 Å². The number of carbonyl (C=O) groups is 2. The molecule has 1 atom stereocenters. The molecule has 0 aliphatic carbocycles. The number of terminal acetylenes is 1. The van der Waals surface area contributed by atoms with Gasteiger partial charge in [0.25, 0.3) is 0 Å². The van der Waals surface area contributed by atoms with Crippen LogP contribution in [-0.2, 0) is 4.79 Å². The fraction of sp³-hybridized carbons (Fsp3) is 0.692. The lowest BCUT2D eigenvalue weighted by Gasteiger charge is -2.06. The number of carbonyl (C=O) groups excluding carboxylic acids is 2. The van der Waals surface area contributed by atoms with Crippen LogP contribution in [0.2, 0.25) is 0 Å². The molecule has 1 unspecified atom stereocenters. The van der Waals surface area contributed by atoms with E-state index in [0.717, 1.165) is 30.8 Å². The van der Waals surface area contributed by atoms with Crippen LogP contribution in [0, 0.1) is 12.3 Å². The number of nitrogens with one attached hydrogen (secondary N) is 2. The molecule has 1 aliphatic heterocycles. The summed E-state index contributed by atoms with van der Waals surface area (Å²) in [6, 6.07) is -0.0741. The average molecular weight is 285 g/mol. The van der Waals surface area contributed by atoms with E-state index in [0.29, 0.717) is 19.0 Å². The quantitative estimate of drug-likeness (QED) is 0.661. The van der Waals surface area contributed by atoms with Gasteiger partial charge in [-0.05, 0) is 18.6 Å². The molecule has 19 heavy (non-hydrogen) atoms. The second kappa shape index (κ2) is 11.7. The Hall–Kier alpha value is -1.35. The van der Waals surface area contributed by atoms with Gasteiger partial charge in [0.2, 0.25) is 5.91 Å². The molecule has 0 saturated carbocycles. The van der Waals surface area contributed by atoms with Gasteiger partial charge in [-0.25, -0.2) is 4.79 Å². The predicted octanol–water partition coefficient (Wildman–Crippen LogP) is 1.09. The highest BCUT2D eigenvalue weighted by Crippen LogP contribution is 2.16. The number of nitrogens with two attached hydrogens (primary N) is 1. The van der Waals surface area contributed by atoms with Crippen LogP contribution < -0.4 is 16.4 Å². The van der Waals surface area contributed by atoms with Crippen LogP contribution in [-0.4, -0.2) is 36.0 Å². The largest absolute Gasteiger partial charge is 0.352 e. The minimum atomic E-state index is -0.400. The van der Waals surface area contributed by atoms with E-state index in [1.165, 1.54) is 0 Å². The van der Waals surface area contributed by atoms with Gasteiger partial charge in [0.05, 0.1) is 6.54 Å². The van der Waals surface area contributed by atoms with Crippen LogP contribution >= 0.6 is 11.8 Å². The van der Waals surface area contributed by atoms with Gasteiger partial charge in [-0.2, -0.15) is 11.8 Å². The van der Waals surface area contributed by atoms with E-state index in [9.17, 15) is 9.59 Å². The molecular weight excluding hydrogens is 262 g/mol. The molecule has 5 nitrogen and oxygen atoms in total. The molecule has 6 heteroatoms. The number of amides is 3.